The zero-order chi connectivity index (χ0) is 16.2. The first-order valence-corrected chi connectivity index (χ1v) is 7.12. The first kappa shape index (κ1) is 19.6. The lowest BCUT2D eigenvalue weighted by atomic mass is 9.89. The average Bonchev–Trinajstić information content (AvgIpc) is 2.92. The van der Waals surface area contributed by atoms with Crippen molar-refractivity contribution in [3.05, 3.63) is 29.8 Å². The van der Waals surface area contributed by atoms with Crippen LogP contribution in [-0.2, 0) is 4.79 Å². The Balaban J connectivity index is 0.00000264. The highest BCUT2D eigenvalue weighted by atomic mass is 35.5. The molecule has 1 aromatic rings. The molecule has 1 heterocycles. The van der Waals surface area contributed by atoms with Crippen LogP contribution in [0.5, 0.6) is 5.75 Å². The zero-order valence-corrected chi connectivity index (χ0v) is 13.5. The largest absolute Gasteiger partial charge is 0.435 e. The third kappa shape index (κ3) is 5.30. The lowest BCUT2D eigenvalue weighted by Gasteiger charge is -2.22. The van der Waals surface area contributed by atoms with Crippen molar-refractivity contribution in [3.8, 4) is 5.75 Å². The Hall–Kier alpha value is -1.44. The highest BCUT2D eigenvalue weighted by molar-refractivity contribution is 5.85. The molecule has 0 bridgehead atoms. The van der Waals surface area contributed by atoms with Crippen LogP contribution >= 0.6 is 12.4 Å². The number of carbonyl (C=O) groups excluding carboxylic acids is 1. The van der Waals surface area contributed by atoms with Gasteiger partial charge in [-0.05, 0) is 37.6 Å². The molecule has 0 aliphatic carbocycles. The maximum absolute atomic E-state index is 12.1. The number of aliphatic hydroxyl groups excluding tert-OH is 1. The fourth-order valence-corrected chi connectivity index (χ4v) is 2.40. The first-order chi connectivity index (χ1) is 10.4. The molecule has 130 valence electrons. The number of alkyl halides is 2. The van der Waals surface area contributed by atoms with Gasteiger partial charge in [-0.1, -0.05) is 12.1 Å². The third-order valence-electron chi connectivity index (χ3n) is 3.86. The van der Waals surface area contributed by atoms with Crippen molar-refractivity contribution in [2.75, 3.05) is 19.6 Å². The van der Waals surface area contributed by atoms with Crippen LogP contribution in [0.4, 0.5) is 8.78 Å². The molecule has 1 aliphatic rings. The molecule has 0 saturated carbocycles. The van der Waals surface area contributed by atoms with E-state index in [2.05, 4.69) is 15.4 Å². The van der Waals surface area contributed by atoms with Crippen molar-refractivity contribution in [2.45, 2.75) is 26.1 Å². The van der Waals surface area contributed by atoms with Crippen LogP contribution in [0.15, 0.2) is 24.3 Å². The second-order valence-electron chi connectivity index (χ2n) is 5.66. The van der Waals surface area contributed by atoms with E-state index in [4.69, 9.17) is 0 Å². The molecule has 0 aromatic heterocycles. The summed E-state index contributed by atoms with van der Waals surface area (Å²) in [5, 5.41) is 15.9. The Kier molecular flexibility index (Phi) is 7.18. The Morgan fingerprint density at radius 2 is 2.09 bits per heavy atom. The topological polar surface area (TPSA) is 70.6 Å². The molecule has 0 radical (unpaired) electrons. The van der Waals surface area contributed by atoms with Crippen LogP contribution in [0.3, 0.4) is 0 Å². The summed E-state index contributed by atoms with van der Waals surface area (Å²) < 4.78 is 28.3. The van der Waals surface area contributed by atoms with Crippen LogP contribution < -0.4 is 15.4 Å². The Morgan fingerprint density at radius 1 is 1.43 bits per heavy atom. The van der Waals surface area contributed by atoms with Crippen molar-refractivity contribution in [2.24, 2.45) is 5.41 Å². The van der Waals surface area contributed by atoms with Gasteiger partial charge in [-0.2, -0.15) is 8.78 Å². The normalized spacial score (nSPS) is 21.6. The SMILES string of the molecule is CC1(C(=O)NCC(O)c2ccc(OC(F)F)cc2)CCNC1.Cl. The van der Waals surface area contributed by atoms with E-state index < -0.39 is 18.1 Å². The number of amides is 1. The van der Waals surface area contributed by atoms with E-state index >= 15 is 0 Å². The number of rotatable bonds is 6. The van der Waals surface area contributed by atoms with Crippen LogP contribution in [-0.4, -0.2) is 37.3 Å². The minimum Gasteiger partial charge on any atom is -0.435 e. The van der Waals surface area contributed by atoms with Crippen LogP contribution in [0.2, 0.25) is 0 Å². The molecular weight excluding hydrogens is 330 g/mol. The molecule has 3 N–H and O–H groups in total. The second kappa shape index (κ2) is 8.42. The summed E-state index contributed by atoms with van der Waals surface area (Å²) in [6.45, 7) is 0.497. The van der Waals surface area contributed by atoms with Crippen LogP contribution in [0.25, 0.3) is 0 Å². The number of nitrogens with one attached hydrogen (secondary N) is 2. The summed E-state index contributed by atoms with van der Waals surface area (Å²) in [5.41, 5.74) is 0.0749. The minimum absolute atomic E-state index is 0. The number of aliphatic hydroxyl groups is 1. The molecular formula is C15H21ClF2N2O3. The van der Waals surface area contributed by atoms with Gasteiger partial charge in [-0.3, -0.25) is 4.79 Å². The Labute approximate surface area is 139 Å². The number of hydrogen-bond donors (Lipinski definition) is 3. The quantitative estimate of drug-likeness (QED) is 0.732. The van der Waals surface area contributed by atoms with Gasteiger partial charge in [0.2, 0.25) is 5.91 Å². The van der Waals surface area contributed by atoms with E-state index in [0.717, 1.165) is 13.0 Å². The van der Waals surface area contributed by atoms with Gasteiger partial charge in [0.25, 0.3) is 0 Å². The van der Waals surface area contributed by atoms with Gasteiger partial charge in [0, 0.05) is 13.1 Å². The minimum atomic E-state index is -2.88. The van der Waals surface area contributed by atoms with E-state index in [1.54, 1.807) is 0 Å². The Bertz CT molecular complexity index is 508. The van der Waals surface area contributed by atoms with E-state index in [1.165, 1.54) is 24.3 Å². The summed E-state index contributed by atoms with van der Waals surface area (Å²) >= 11 is 0. The lowest BCUT2D eigenvalue weighted by molar-refractivity contribution is -0.129. The molecule has 8 heteroatoms. The van der Waals surface area contributed by atoms with Gasteiger partial charge in [0.05, 0.1) is 11.5 Å². The maximum Gasteiger partial charge on any atom is 0.387 e. The summed E-state index contributed by atoms with van der Waals surface area (Å²) in [5.74, 6) is -0.0752. The molecule has 23 heavy (non-hydrogen) atoms. The van der Waals surface area contributed by atoms with Gasteiger partial charge >= 0.3 is 6.61 Å². The molecule has 1 saturated heterocycles. The molecule has 2 unspecified atom stereocenters. The van der Waals surface area contributed by atoms with Crippen molar-refractivity contribution >= 4 is 18.3 Å². The van der Waals surface area contributed by atoms with Gasteiger partial charge in [0.1, 0.15) is 5.75 Å². The van der Waals surface area contributed by atoms with Gasteiger partial charge in [-0.25, -0.2) is 0 Å². The molecule has 2 atom stereocenters. The van der Waals surface area contributed by atoms with Gasteiger partial charge in [-0.15, -0.1) is 12.4 Å². The summed E-state index contributed by atoms with van der Waals surface area (Å²) in [6.07, 6.45) is -0.142. The first-order valence-electron chi connectivity index (χ1n) is 7.12. The molecule has 2 rings (SSSR count). The summed E-state index contributed by atoms with van der Waals surface area (Å²) in [7, 11) is 0. The van der Waals surface area contributed by atoms with Gasteiger partial charge in [0.15, 0.2) is 0 Å². The van der Waals surface area contributed by atoms with E-state index in [0.29, 0.717) is 12.1 Å². The van der Waals surface area contributed by atoms with E-state index in [9.17, 15) is 18.7 Å². The van der Waals surface area contributed by atoms with Crippen LogP contribution in [0.1, 0.15) is 25.0 Å². The number of hydrogen-bond acceptors (Lipinski definition) is 4. The molecule has 5 nitrogen and oxygen atoms in total. The van der Waals surface area contributed by atoms with Crippen molar-refractivity contribution in [1.29, 1.82) is 0 Å². The molecule has 1 fully saturated rings. The smallest absolute Gasteiger partial charge is 0.387 e. The fourth-order valence-electron chi connectivity index (χ4n) is 2.40. The monoisotopic (exact) mass is 350 g/mol. The molecule has 1 amide bonds. The van der Waals surface area contributed by atoms with Crippen molar-refractivity contribution < 1.29 is 23.4 Å². The predicted molar refractivity (Wildman–Crippen MR) is 83.9 cm³/mol. The lowest BCUT2D eigenvalue weighted by Crippen LogP contribution is -2.41. The molecule has 0 spiro atoms. The van der Waals surface area contributed by atoms with Crippen molar-refractivity contribution in [1.82, 2.24) is 10.6 Å². The molecule has 1 aromatic carbocycles. The number of carbonyl (C=O) groups is 1. The predicted octanol–water partition coefficient (Wildman–Crippen LogP) is 1.86. The third-order valence-corrected chi connectivity index (χ3v) is 3.86. The maximum atomic E-state index is 12.1. The molecule has 1 aliphatic heterocycles. The number of halogens is 3. The summed E-state index contributed by atoms with van der Waals surface area (Å²) in [6, 6.07) is 5.70. The number of ether oxygens (including phenoxy) is 1. The zero-order valence-electron chi connectivity index (χ0n) is 12.7. The van der Waals surface area contributed by atoms with Crippen molar-refractivity contribution in [3.63, 3.8) is 0 Å². The average molecular weight is 351 g/mol. The van der Waals surface area contributed by atoms with E-state index in [1.807, 2.05) is 6.92 Å². The summed E-state index contributed by atoms with van der Waals surface area (Å²) in [4.78, 5) is 12.1. The number of benzene rings is 1. The standard InChI is InChI=1S/C15H20F2N2O3.ClH/c1-15(6-7-18-9-15)13(21)19-8-12(20)10-2-4-11(5-3-10)22-14(16)17;/h2-5,12,14,18,20H,6-9H2,1H3,(H,19,21);1H. The Morgan fingerprint density at radius 3 is 2.61 bits per heavy atom. The fraction of sp³-hybridized carbons (Fsp3) is 0.533. The van der Waals surface area contributed by atoms with Gasteiger partial charge < -0.3 is 20.5 Å². The highest BCUT2D eigenvalue weighted by Gasteiger charge is 2.36. The highest BCUT2D eigenvalue weighted by Crippen LogP contribution is 2.25. The van der Waals surface area contributed by atoms with Crippen LogP contribution in [0, 0.1) is 5.41 Å². The second-order valence-corrected chi connectivity index (χ2v) is 5.66. The van der Waals surface area contributed by atoms with E-state index in [-0.39, 0.29) is 30.6 Å².